The van der Waals surface area contributed by atoms with Crippen LogP contribution >= 0.6 is 0 Å². The molecule has 3 N–H and O–H groups in total. The van der Waals surface area contributed by atoms with Crippen molar-refractivity contribution in [2.45, 2.75) is 32.2 Å². The van der Waals surface area contributed by atoms with Crippen LogP contribution in [0.1, 0.15) is 31.2 Å². The molecule has 0 heterocycles. The first kappa shape index (κ1) is 19.4. The fourth-order valence-corrected chi connectivity index (χ4v) is 1.92. The third-order valence-electron chi connectivity index (χ3n) is 3.16. The molecule has 0 spiro atoms. The molecule has 130 valence electrons. The molecule has 23 heavy (non-hydrogen) atoms. The Morgan fingerprint density at radius 3 is 2.26 bits per heavy atom. The second-order valence-electron chi connectivity index (χ2n) is 5.17. The first-order valence-corrected chi connectivity index (χ1v) is 8.01. The SMILES string of the molecule is NCc1ccc(OCCCCCOCCCOCC(=O)O)cc1. The van der Waals surface area contributed by atoms with E-state index in [4.69, 9.17) is 25.1 Å². The molecule has 0 unspecified atom stereocenters. The van der Waals surface area contributed by atoms with E-state index in [2.05, 4.69) is 0 Å². The fraction of sp³-hybridized carbons (Fsp3) is 0.588. The molecule has 0 amide bonds. The third-order valence-corrected chi connectivity index (χ3v) is 3.16. The van der Waals surface area contributed by atoms with Gasteiger partial charge < -0.3 is 25.1 Å². The Morgan fingerprint density at radius 1 is 0.913 bits per heavy atom. The predicted octanol–water partition coefficient (Wildman–Crippen LogP) is 2.20. The van der Waals surface area contributed by atoms with Crippen molar-refractivity contribution in [2.75, 3.05) is 33.0 Å². The minimum atomic E-state index is -0.941. The number of carboxylic acid groups (broad SMARTS) is 1. The van der Waals surface area contributed by atoms with Gasteiger partial charge in [-0.2, -0.15) is 0 Å². The van der Waals surface area contributed by atoms with Crippen LogP contribution in [-0.2, 0) is 20.8 Å². The minimum Gasteiger partial charge on any atom is -0.494 e. The minimum absolute atomic E-state index is 0.241. The van der Waals surface area contributed by atoms with Gasteiger partial charge in [0.05, 0.1) is 6.61 Å². The molecule has 1 aromatic rings. The number of aliphatic carboxylic acids is 1. The molecule has 0 aliphatic rings. The number of rotatable bonds is 14. The summed E-state index contributed by atoms with van der Waals surface area (Å²) in [6.45, 7) is 2.74. The molecule has 1 rings (SSSR count). The summed E-state index contributed by atoms with van der Waals surface area (Å²) in [6, 6.07) is 7.84. The van der Waals surface area contributed by atoms with Gasteiger partial charge in [0, 0.05) is 26.4 Å². The molecule has 0 saturated heterocycles. The zero-order chi connectivity index (χ0) is 16.8. The molecule has 1 aromatic carbocycles. The lowest BCUT2D eigenvalue weighted by Gasteiger charge is -2.07. The van der Waals surface area contributed by atoms with Crippen molar-refractivity contribution in [3.8, 4) is 5.75 Å². The highest BCUT2D eigenvalue weighted by Crippen LogP contribution is 2.12. The second kappa shape index (κ2) is 12.9. The largest absolute Gasteiger partial charge is 0.494 e. The van der Waals surface area contributed by atoms with Crippen molar-refractivity contribution >= 4 is 5.97 Å². The summed E-state index contributed by atoms with van der Waals surface area (Å²) in [4.78, 5) is 10.2. The molecular weight excluding hydrogens is 298 g/mol. The van der Waals surface area contributed by atoms with Crippen molar-refractivity contribution in [3.63, 3.8) is 0 Å². The van der Waals surface area contributed by atoms with Crippen molar-refractivity contribution in [1.29, 1.82) is 0 Å². The molecule has 0 saturated carbocycles. The maximum Gasteiger partial charge on any atom is 0.329 e. The molecule has 0 radical (unpaired) electrons. The number of unbranched alkanes of at least 4 members (excludes halogenated alkanes) is 2. The first-order chi connectivity index (χ1) is 11.2. The van der Waals surface area contributed by atoms with Gasteiger partial charge in [-0.15, -0.1) is 0 Å². The van der Waals surface area contributed by atoms with Gasteiger partial charge in [0.25, 0.3) is 0 Å². The summed E-state index contributed by atoms with van der Waals surface area (Å²) < 4.78 is 16.0. The van der Waals surface area contributed by atoms with Crippen LogP contribution < -0.4 is 10.5 Å². The van der Waals surface area contributed by atoms with Crippen LogP contribution in [-0.4, -0.2) is 44.1 Å². The van der Waals surface area contributed by atoms with E-state index in [9.17, 15) is 4.79 Å². The molecule has 0 fully saturated rings. The summed E-state index contributed by atoms with van der Waals surface area (Å²) in [5.74, 6) is -0.0664. The molecule has 0 aliphatic carbocycles. The average Bonchev–Trinajstić information content (AvgIpc) is 2.56. The normalized spacial score (nSPS) is 10.7. The van der Waals surface area contributed by atoms with Crippen LogP contribution in [0, 0.1) is 0 Å². The Morgan fingerprint density at radius 2 is 1.57 bits per heavy atom. The van der Waals surface area contributed by atoms with Crippen LogP contribution in [0.4, 0.5) is 0 Å². The standard InChI is InChI=1S/C17H27NO5/c18-13-15-5-7-16(8-6-15)23-12-3-1-2-9-21-10-4-11-22-14-17(19)20/h5-8H,1-4,9-14,18H2,(H,19,20). The molecule has 0 aliphatic heterocycles. The zero-order valence-electron chi connectivity index (χ0n) is 13.5. The van der Waals surface area contributed by atoms with E-state index in [1.54, 1.807) is 0 Å². The molecule has 0 bridgehead atoms. The Kier molecular flexibility index (Phi) is 10.9. The number of benzene rings is 1. The van der Waals surface area contributed by atoms with Gasteiger partial charge in [-0.25, -0.2) is 4.79 Å². The number of hydrogen-bond donors (Lipinski definition) is 2. The molecular formula is C17H27NO5. The number of carboxylic acids is 1. The van der Waals surface area contributed by atoms with Gasteiger partial charge in [0.15, 0.2) is 0 Å². The quantitative estimate of drug-likeness (QED) is 0.510. The zero-order valence-corrected chi connectivity index (χ0v) is 13.5. The van der Waals surface area contributed by atoms with E-state index in [0.717, 1.165) is 37.0 Å². The molecule has 6 nitrogen and oxygen atoms in total. The van der Waals surface area contributed by atoms with E-state index in [-0.39, 0.29) is 6.61 Å². The van der Waals surface area contributed by atoms with Crippen molar-refractivity contribution in [2.24, 2.45) is 5.73 Å². The highest BCUT2D eigenvalue weighted by atomic mass is 16.5. The molecule has 6 heteroatoms. The highest BCUT2D eigenvalue weighted by molar-refractivity contribution is 5.67. The highest BCUT2D eigenvalue weighted by Gasteiger charge is 1.97. The second-order valence-corrected chi connectivity index (χ2v) is 5.17. The number of nitrogens with two attached hydrogens (primary N) is 1. The van der Waals surface area contributed by atoms with E-state index in [1.165, 1.54) is 0 Å². The van der Waals surface area contributed by atoms with Gasteiger partial charge in [-0.05, 0) is 43.4 Å². The molecule has 0 atom stereocenters. The summed E-state index contributed by atoms with van der Waals surface area (Å²) in [7, 11) is 0. The maximum absolute atomic E-state index is 10.2. The van der Waals surface area contributed by atoms with Gasteiger partial charge in [0.1, 0.15) is 12.4 Å². The number of hydrogen-bond acceptors (Lipinski definition) is 5. The van der Waals surface area contributed by atoms with Crippen molar-refractivity contribution < 1.29 is 24.1 Å². The van der Waals surface area contributed by atoms with Crippen LogP contribution in [0.25, 0.3) is 0 Å². The summed E-state index contributed by atoms with van der Waals surface area (Å²) >= 11 is 0. The lowest BCUT2D eigenvalue weighted by molar-refractivity contribution is -0.142. The fourth-order valence-electron chi connectivity index (χ4n) is 1.92. The van der Waals surface area contributed by atoms with Crippen LogP contribution in [0.3, 0.4) is 0 Å². The Bertz CT molecular complexity index is 421. The van der Waals surface area contributed by atoms with Crippen LogP contribution in [0.2, 0.25) is 0 Å². The van der Waals surface area contributed by atoms with Crippen molar-refractivity contribution in [1.82, 2.24) is 0 Å². The van der Waals surface area contributed by atoms with Crippen LogP contribution in [0.5, 0.6) is 5.75 Å². The van der Waals surface area contributed by atoms with E-state index in [1.807, 2.05) is 24.3 Å². The Hall–Kier alpha value is -1.63. The monoisotopic (exact) mass is 325 g/mol. The van der Waals surface area contributed by atoms with E-state index < -0.39 is 5.97 Å². The number of carbonyl (C=O) groups is 1. The summed E-state index contributed by atoms with van der Waals surface area (Å²) in [5.41, 5.74) is 6.64. The summed E-state index contributed by atoms with van der Waals surface area (Å²) in [5, 5.41) is 8.38. The van der Waals surface area contributed by atoms with Gasteiger partial charge >= 0.3 is 5.97 Å². The lowest BCUT2D eigenvalue weighted by atomic mass is 10.2. The third kappa shape index (κ3) is 10.7. The van der Waals surface area contributed by atoms with Crippen LogP contribution in [0.15, 0.2) is 24.3 Å². The maximum atomic E-state index is 10.2. The number of ether oxygens (including phenoxy) is 3. The molecule has 0 aromatic heterocycles. The lowest BCUT2D eigenvalue weighted by Crippen LogP contribution is -2.09. The summed E-state index contributed by atoms with van der Waals surface area (Å²) in [6.07, 6.45) is 3.75. The van der Waals surface area contributed by atoms with Gasteiger partial charge in [-0.3, -0.25) is 0 Å². The smallest absolute Gasteiger partial charge is 0.329 e. The van der Waals surface area contributed by atoms with Crippen molar-refractivity contribution in [3.05, 3.63) is 29.8 Å². The van der Waals surface area contributed by atoms with Gasteiger partial charge in [-0.1, -0.05) is 12.1 Å². The van der Waals surface area contributed by atoms with Gasteiger partial charge in [0.2, 0.25) is 0 Å². The van der Waals surface area contributed by atoms with E-state index >= 15 is 0 Å². The van der Waals surface area contributed by atoms with E-state index in [0.29, 0.717) is 33.0 Å². The topological polar surface area (TPSA) is 91.0 Å². The average molecular weight is 325 g/mol. The Labute approximate surface area is 137 Å². The predicted molar refractivity (Wildman–Crippen MR) is 87.6 cm³/mol. The first-order valence-electron chi connectivity index (χ1n) is 8.01. The Balaban J connectivity index is 1.85.